The molecule has 2 aromatic carbocycles. The molecule has 0 spiro atoms. The maximum absolute atomic E-state index is 13.5. The number of hydrogen-bond acceptors (Lipinski definition) is 5. The molecule has 3 heterocycles. The SMILES string of the molecule is Cn1nc(C(=O)N2CCC[C@H]2c2ccc3c(c2)OCCCO3)c2ccccc2c1=O. The second kappa shape index (κ2) is 7.48. The molecule has 0 bridgehead atoms. The van der Waals surface area contributed by atoms with Crippen molar-refractivity contribution < 1.29 is 14.3 Å². The maximum Gasteiger partial charge on any atom is 0.275 e. The Labute approximate surface area is 173 Å². The van der Waals surface area contributed by atoms with Crippen molar-refractivity contribution in [3.63, 3.8) is 0 Å². The Morgan fingerprint density at radius 1 is 1.03 bits per heavy atom. The Bertz CT molecular complexity index is 1190. The minimum atomic E-state index is -0.206. The minimum Gasteiger partial charge on any atom is -0.490 e. The molecule has 2 aliphatic heterocycles. The summed E-state index contributed by atoms with van der Waals surface area (Å²) in [6.07, 6.45) is 2.63. The lowest BCUT2D eigenvalue weighted by Crippen LogP contribution is -2.33. The number of hydrogen-bond donors (Lipinski definition) is 0. The monoisotopic (exact) mass is 405 g/mol. The number of carbonyl (C=O) groups is 1. The largest absolute Gasteiger partial charge is 0.490 e. The molecule has 0 N–H and O–H groups in total. The number of amides is 1. The molecule has 0 unspecified atom stereocenters. The number of nitrogens with zero attached hydrogens (tertiary/aromatic N) is 3. The number of aryl methyl sites for hydroxylation is 1. The van der Waals surface area contributed by atoms with E-state index in [9.17, 15) is 9.59 Å². The molecule has 5 rings (SSSR count). The van der Waals surface area contributed by atoms with E-state index >= 15 is 0 Å². The summed E-state index contributed by atoms with van der Waals surface area (Å²) >= 11 is 0. The predicted molar refractivity (Wildman–Crippen MR) is 112 cm³/mol. The fourth-order valence-corrected chi connectivity index (χ4v) is 4.34. The lowest BCUT2D eigenvalue weighted by Gasteiger charge is -2.26. The molecule has 1 atom stereocenters. The van der Waals surface area contributed by atoms with Gasteiger partial charge in [-0.05, 0) is 36.6 Å². The van der Waals surface area contributed by atoms with Crippen molar-refractivity contribution in [2.75, 3.05) is 19.8 Å². The number of likely N-dealkylation sites (tertiary alicyclic amines) is 1. The zero-order chi connectivity index (χ0) is 20.7. The van der Waals surface area contributed by atoms with Crippen molar-refractivity contribution >= 4 is 16.7 Å². The van der Waals surface area contributed by atoms with Crippen LogP contribution in [0, 0.1) is 0 Å². The number of carbonyl (C=O) groups excluding carboxylic acids is 1. The highest BCUT2D eigenvalue weighted by Crippen LogP contribution is 2.38. The van der Waals surface area contributed by atoms with Gasteiger partial charge in [0.2, 0.25) is 0 Å². The zero-order valence-electron chi connectivity index (χ0n) is 16.8. The highest BCUT2D eigenvalue weighted by molar-refractivity contribution is 6.05. The van der Waals surface area contributed by atoms with Crippen LogP contribution >= 0.6 is 0 Å². The van der Waals surface area contributed by atoms with Gasteiger partial charge in [-0.3, -0.25) is 9.59 Å². The van der Waals surface area contributed by atoms with Gasteiger partial charge < -0.3 is 14.4 Å². The number of fused-ring (bicyclic) bond motifs is 2. The van der Waals surface area contributed by atoms with Crippen LogP contribution in [-0.4, -0.2) is 40.3 Å². The van der Waals surface area contributed by atoms with Gasteiger partial charge in [0, 0.05) is 25.4 Å². The lowest BCUT2D eigenvalue weighted by molar-refractivity contribution is 0.0729. The van der Waals surface area contributed by atoms with Crippen molar-refractivity contribution in [3.05, 3.63) is 64.1 Å². The molecular weight excluding hydrogens is 382 g/mol. The van der Waals surface area contributed by atoms with Crippen LogP contribution < -0.4 is 15.0 Å². The average Bonchev–Trinajstić information content (AvgIpc) is 3.14. The van der Waals surface area contributed by atoms with E-state index in [-0.39, 0.29) is 17.5 Å². The molecule has 1 saturated heterocycles. The third kappa shape index (κ3) is 3.10. The molecule has 0 aliphatic carbocycles. The first-order chi connectivity index (χ1) is 14.6. The van der Waals surface area contributed by atoms with Gasteiger partial charge in [0.15, 0.2) is 17.2 Å². The fraction of sp³-hybridized carbons (Fsp3) is 0.348. The fourth-order valence-electron chi connectivity index (χ4n) is 4.34. The van der Waals surface area contributed by atoms with Crippen LogP contribution in [0.2, 0.25) is 0 Å². The summed E-state index contributed by atoms with van der Waals surface area (Å²) in [5, 5.41) is 5.42. The first kappa shape index (κ1) is 18.7. The molecule has 1 fully saturated rings. The molecule has 3 aromatic rings. The van der Waals surface area contributed by atoms with Gasteiger partial charge in [0.05, 0.1) is 24.6 Å². The molecule has 30 heavy (non-hydrogen) atoms. The molecule has 1 amide bonds. The summed E-state index contributed by atoms with van der Waals surface area (Å²) in [4.78, 5) is 27.8. The van der Waals surface area contributed by atoms with Crippen LogP contribution in [0.3, 0.4) is 0 Å². The summed E-state index contributed by atoms with van der Waals surface area (Å²) in [7, 11) is 1.58. The molecule has 1 aromatic heterocycles. The smallest absolute Gasteiger partial charge is 0.275 e. The van der Waals surface area contributed by atoms with Crippen LogP contribution in [0.15, 0.2) is 47.3 Å². The van der Waals surface area contributed by atoms with E-state index < -0.39 is 0 Å². The highest BCUT2D eigenvalue weighted by atomic mass is 16.5. The number of benzene rings is 2. The molecule has 0 saturated carbocycles. The summed E-state index contributed by atoms with van der Waals surface area (Å²) in [6.45, 7) is 1.92. The number of rotatable bonds is 2. The van der Waals surface area contributed by atoms with E-state index in [1.807, 2.05) is 29.2 Å². The minimum absolute atomic E-state index is 0.0625. The van der Waals surface area contributed by atoms with Crippen LogP contribution in [0.5, 0.6) is 11.5 Å². The van der Waals surface area contributed by atoms with E-state index in [0.717, 1.165) is 36.3 Å². The normalized spacial score (nSPS) is 18.4. The molecule has 2 aliphatic rings. The van der Waals surface area contributed by atoms with E-state index in [1.165, 1.54) is 4.68 Å². The molecular formula is C23H23N3O4. The molecule has 154 valence electrons. The third-order valence-corrected chi connectivity index (χ3v) is 5.83. The standard InChI is InChI=1S/C23H23N3O4/c1-25-22(27)17-7-3-2-6-16(17)21(24-25)23(28)26-11-4-8-18(26)15-9-10-19-20(14-15)30-13-5-12-29-19/h2-3,6-7,9-10,14,18H,4-5,8,11-13H2,1H3/t18-/m0/s1. The van der Waals surface area contributed by atoms with Crippen molar-refractivity contribution in [1.82, 2.24) is 14.7 Å². The summed E-state index contributed by atoms with van der Waals surface area (Å²) in [6, 6.07) is 13.0. The molecule has 7 nitrogen and oxygen atoms in total. The first-order valence-corrected chi connectivity index (χ1v) is 10.3. The molecule has 7 heteroatoms. The second-order valence-corrected chi connectivity index (χ2v) is 7.74. The van der Waals surface area contributed by atoms with E-state index in [1.54, 1.807) is 25.2 Å². The summed E-state index contributed by atoms with van der Waals surface area (Å²) in [5.41, 5.74) is 1.14. The Morgan fingerprint density at radius 3 is 2.63 bits per heavy atom. The van der Waals surface area contributed by atoms with Crippen LogP contribution in [0.4, 0.5) is 0 Å². The molecule has 0 radical (unpaired) electrons. The first-order valence-electron chi connectivity index (χ1n) is 10.3. The van der Waals surface area contributed by atoms with Gasteiger partial charge in [0.25, 0.3) is 11.5 Å². The lowest BCUT2D eigenvalue weighted by atomic mass is 10.0. The van der Waals surface area contributed by atoms with E-state index in [4.69, 9.17) is 9.47 Å². The Hall–Kier alpha value is -3.35. The van der Waals surface area contributed by atoms with E-state index in [0.29, 0.717) is 36.2 Å². The maximum atomic E-state index is 13.5. The van der Waals surface area contributed by atoms with Crippen molar-refractivity contribution in [2.24, 2.45) is 7.05 Å². The number of ether oxygens (including phenoxy) is 2. The Balaban J connectivity index is 1.53. The van der Waals surface area contributed by atoms with Gasteiger partial charge in [0.1, 0.15) is 0 Å². The van der Waals surface area contributed by atoms with Crippen LogP contribution in [0.1, 0.15) is 41.4 Å². The van der Waals surface area contributed by atoms with Crippen molar-refractivity contribution in [1.29, 1.82) is 0 Å². The highest BCUT2D eigenvalue weighted by Gasteiger charge is 2.33. The van der Waals surface area contributed by atoms with Crippen molar-refractivity contribution in [3.8, 4) is 11.5 Å². The van der Waals surface area contributed by atoms with Crippen molar-refractivity contribution in [2.45, 2.75) is 25.3 Å². The summed E-state index contributed by atoms with van der Waals surface area (Å²) in [5.74, 6) is 1.32. The third-order valence-electron chi connectivity index (χ3n) is 5.83. The van der Waals surface area contributed by atoms with Gasteiger partial charge in [-0.25, -0.2) is 4.68 Å². The quantitative estimate of drug-likeness (QED) is 0.655. The van der Waals surface area contributed by atoms with Gasteiger partial charge in [-0.2, -0.15) is 5.10 Å². The number of aromatic nitrogens is 2. The van der Waals surface area contributed by atoms with Gasteiger partial charge in [-0.15, -0.1) is 0 Å². The van der Waals surface area contributed by atoms with Gasteiger partial charge >= 0.3 is 0 Å². The Morgan fingerprint density at radius 2 is 1.80 bits per heavy atom. The topological polar surface area (TPSA) is 73.7 Å². The predicted octanol–water partition coefficient (Wildman–Crippen LogP) is 3.07. The summed E-state index contributed by atoms with van der Waals surface area (Å²) < 4.78 is 12.8. The second-order valence-electron chi connectivity index (χ2n) is 7.74. The van der Waals surface area contributed by atoms with Crippen LogP contribution in [0.25, 0.3) is 10.8 Å². The van der Waals surface area contributed by atoms with E-state index in [2.05, 4.69) is 5.10 Å². The van der Waals surface area contributed by atoms with Gasteiger partial charge in [-0.1, -0.05) is 24.3 Å². The Kier molecular flexibility index (Phi) is 4.65. The zero-order valence-corrected chi connectivity index (χ0v) is 16.8. The average molecular weight is 405 g/mol. The van der Waals surface area contributed by atoms with Crippen LogP contribution in [-0.2, 0) is 7.05 Å².